The number of hydrogen-bond acceptors (Lipinski definition) is 4. The van der Waals surface area contributed by atoms with Gasteiger partial charge in [0.1, 0.15) is 11.4 Å². The Morgan fingerprint density at radius 2 is 1.83 bits per heavy atom. The zero-order valence-electron chi connectivity index (χ0n) is 12.4. The molecular weight excluding hydrogens is 293 g/mol. The van der Waals surface area contributed by atoms with Crippen LogP contribution < -0.4 is 0 Å². The molecule has 4 nitrogen and oxygen atoms in total. The minimum Gasteiger partial charge on any atom is -0.410 e. The number of aryl methyl sites for hydroxylation is 1. The lowest BCUT2D eigenvalue weighted by Gasteiger charge is -2.10. The summed E-state index contributed by atoms with van der Waals surface area (Å²) >= 11 is 0. The minimum atomic E-state index is -0.541. The van der Waals surface area contributed by atoms with E-state index in [9.17, 15) is 9.60 Å². The van der Waals surface area contributed by atoms with E-state index in [4.69, 9.17) is 0 Å². The Kier molecular flexibility index (Phi) is 4.10. The molecule has 1 N–H and O–H groups in total. The third-order valence-electron chi connectivity index (χ3n) is 3.59. The predicted octanol–water partition coefficient (Wildman–Crippen LogP) is 3.82. The van der Waals surface area contributed by atoms with Crippen molar-refractivity contribution in [2.45, 2.75) is 6.92 Å². The van der Waals surface area contributed by atoms with Gasteiger partial charge < -0.3 is 5.21 Å². The summed E-state index contributed by atoms with van der Waals surface area (Å²) < 4.78 is 15.0. The van der Waals surface area contributed by atoms with Crippen molar-refractivity contribution in [2.24, 2.45) is 5.16 Å². The second kappa shape index (κ2) is 6.36. The van der Waals surface area contributed by atoms with E-state index in [0.29, 0.717) is 16.7 Å². The molecule has 0 bridgehead atoms. The summed E-state index contributed by atoms with van der Waals surface area (Å²) in [5.41, 5.74) is 2.63. The van der Waals surface area contributed by atoms with Crippen molar-refractivity contribution in [1.82, 2.24) is 9.97 Å². The van der Waals surface area contributed by atoms with Crippen LogP contribution in [0.1, 0.15) is 16.8 Å². The van der Waals surface area contributed by atoms with Crippen molar-refractivity contribution in [3.05, 3.63) is 83.7 Å². The van der Waals surface area contributed by atoms with E-state index in [1.165, 1.54) is 6.20 Å². The van der Waals surface area contributed by atoms with E-state index < -0.39 is 5.82 Å². The number of hydrogen-bond donors (Lipinski definition) is 1. The lowest BCUT2D eigenvalue weighted by molar-refractivity contribution is 0.319. The SMILES string of the molecule is Cc1ccncc1-c1ccnc(/C(=N/O)c2ccccc2)c1F. The van der Waals surface area contributed by atoms with Gasteiger partial charge in [0, 0.05) is 35.3 Å². The molecular formula is C18H14FN3O. The molecule has 0 aliphatic rings. The van der Waals surface area contributed by atoms with Crippen molar-refractivity contribution < 1.29 is 9.60 Å². The van der Waals surface area contributed by atoms with Crippen molar-refractivity contribution in [3.8, 4) is 11.1 Å². The van der Waals surface area contributed by atoms with Crippen LogP contribution in [0.2, 0.25) is 0 Å². The van der Waals surface area contributed by atoms with E-state index in [1.54, 1.807) is 42.7 Å². The summed E-state index contributed by atoms with van der Waals surface area (Å²) in [5.74, 6) is -0.541. The maximum absolute atomic E-state index is 15.0. The molecule has 5 heteroatoms. The summed E-state index contributed by atoms with van der Waals surface area (Å²) in [6.45, 7) is 1.88. The number of nitrogens with zero attached hydrogens (tertiary/aromatic N) is 3. The molecule has 0 saturated heterocycles. The van der Waals surface area contributed by atoms with Gasteiger partial charge in [-0.2, -0.15) is 0 Å². The molecule has 0 saturated carbocycles. The van der Waals surface area contributed by atoms with Crippen molar-refractivity contribution >= 4 is 5.71 Å². The maximum Gasteiger partial charge on any atom is 0.159 e. The smallest absolute Gasteiger partial charge is 0.159 e. The average molecular weight is 307 g/mol. The number of benzene rings is 1. The standard InChI is InChI=1S/C18H14FN3O/c1-12-7-9-20-11-15(12)14-8-10-21-18(16(14)19)17(22-23)13-5-3-2-4-6-13/h2-11,23H,1H3/b22-17+. The fourth-order valence-electron chi connectivity index (χ4n) is 2.40. The number of halogens is 1. The van der Waals surface area contributed by atoms with Crippen LogP contribution in [-0.4, -0.2) is 20.9 Å². The molecule has 0 atom stereocenters. The van der Waals surface area contributed by atoms with Crippen LogP contribution in [0.25, 0.3) is 11.1 Å². The second-order valence-corrected chi connectivity index (χ2v) is 5.03. The van der Waals surface area contributed by atoms with Crippen LogP contribution in [0.3, 0.4) is 0 Å². The summed E-state index contributed by atoms with van der Waals surface area (Å²) in [6, 6.07) is 12.3. The predicted molar refractivity (Wildman–Crippen MR) is 86.0 cm³/mol. The molecule has 0 amide bonds. The zero-order valence-corrected chi connectivity index (χ0v) is 12.4. The molecule has 2 heterocycles. The number of aromatic nitrogens is 2. The zero-order chi connectivity index (χ0) is 16.2. The molecule has 0 aliphatic heterocycles. The molecule has 0 radical (unpaired) electrons. The lowest BCUT2D eigenvalue weighted by atomic mass is 9.99. The molecule has 0 unspecified atom stereocenters. The third-order valence-corrected chi connectivity index (χ3v) is 3.59. The first-order chi connectivity index (χ1) is 11.2. The van der Waals surface area contributed by atoms with Gasteiger partial charge in [-0.1, -0.05) is 35.5 Å². The number of rotatable bonds is 3. The van der Waals surface area contributed by atoms with Gasteiger partial charge in [0.05, 0.1) is 0 Å². The highest BCUT2D eigenvalue weighted by atomic mass is 19.1. The van der Waals surface area contributed by atoms with Crippen LogP contribution in [0.4, 0.5) is 4.39 Å². The van der Waals surface area contributed by atoms with Gasteiger partial charge in [-0.25, -0.2) is 4.39 Å². The van der Waals surface area contributed by atoms with Crippen molar-refractivity contribution in [2.75, 3.05) is 0 Å². The molecule has 3 rings (SSSR count). The Bertz CT molecular complexity index is 863. The summed E-state index contributed by atoms with van der Waals surface area (Å²) in [6.07, 6.45) is 4.76. The summed E-state index contributed by atoms with van der Waals surface area (Å²) in [4.78, 5) is 8.10. The molecule has 23 heavy (non-hydrogen) atoms. The largest absolute Gasteiger partial charge is 0.410 e. The molecule has 3 aromatic rings. The van der Waals surface area contributed by atoms with Gasteiger partial charge in [0.2, 0.25) is 0 Å². The van der Waals surface area contributed by atoms with E-state index in [2.05, 4.69) is 15.1 Å². The first-order valence-electron chi connectivity index (χ1n) is 7.05. The van der Waals surface area contributed by atoms with Crippen molar-refractivity contribution in [1.29, 1.82) is 0 Å². The van der Waals surface area contributed by atoms with E-state index in [0.717, 1.165) is 5.56 Å². The first-order valence-corrected chi connectivity index (χ1v) is 7.05. The van der Waals surface area contributed by atoms with Gasteiger partial charge in [-0.15, -0.1) is 0 Å². The second-order valence-electron chi connectivity index (χ2n) is 5.03. The Morgan fingerprint density at radius 1 is 1.04 bits per heavy atom. The highest BCUT2D eigenvalue weighted by molar-refractivity contribution is 6.12. The lowest BCUT2D eigenvalue weighted by Crippen LogP contribution is -2.10. The average Bonchev–Trinajstić information content (AvgIpc) is 2.59. The Hall–Kier alpha value is -3.08. The molecule has 2 aromatic heterocycles. The fraction of sp³-hybridized carbons (Fsp3) is 0.0556. The Morgan fingerprint density at radius 3 is 2.52 bits per heavy atom. The van der Waals surface area contributed by atoms with Gasteiger partial charge in [0.25, 0.3) is 0 Å². The maximum atomic E-state index is 15.0. The third kappa shape index (κ3) is 2.81. The summed E-state index contributed by atoms with van der Waals surface area (Å²) in [5, 5.41) is 12.6. The first kappa shape index (κ1) is 14.8. The highest BCUT2D eigenvalue weighted by Crippen LogP contribution is 2.27. The van der Waals surface area contributed by atoms with Gasteiger partial charge in [0.15, 0.2) is 5.82 Å². The van der Waals surface area contributed by atoms with Gasteiger partial charge in [-0.3, -0.25) is 9.97 Å². The van der Waals surface area contributed by atoms with Crippen LogP contribution in [-0.2, 0) is 0 Å². The number of pyridine rings is 2. The highest BCUT2D eigenvalue weighted by Gasteiger charge is 2.19. The van der Waals surface area contributed by atoms with Crippen molar-refractivity contribution in [3.63, 3.8) is 0 Å². The summed E-state index contributed by atoms with van der Waals surface area (Å²) in [7, 11) is 0. The Balaban J connectivity index is 2.16. The number of oxime groups is 1. The minimum absolute atomic E-state index is 0.000506. The molecule has 1 aromatic carbocycles. The quantitative estimate of drug-likeness (QED) is 0.454. The van der Waals surface area contributed by atoms with Crippen LogP contribution in [0.15, 0.2) is 66.2 Å². The van der Waals surface area contributed by atoms with Crippen LogP contribution >= 0.6 is 0 Å². The topological polar surface area (TPSA) is 58.4 Å². The van der Waals surface area contributed by atoms with Gasteiger partial charge >= 0.3 is 0 Å². The Labute approximate surface area is 133 Å². The normalized spacial score (nSPS) is 11.5. The molecule has 0 spiro atoms. The molecule has 0 aliphatic carbocycles. The monoisotopic (exact) mass is 307 g/mol. The molecule has 0 fully saturated rings. The van der Waals surface area contributed by atoms with Crippen LogP contribution in [0, 0.1) is 12.7 Å². The van der Waals surface area contributed by atoms with E-state index in [1.807, 2.05) is 19.1 Å². The van der Waals surface area contributed by atoms with E-state index in [-0.39, 0.29) is 11.4 Å². The van der Waals surface area contributed by atoms with Crippen LogP contribution in [0.5, 0.6) is 0 Å². The van der Waals surface area contributed by atoms with Gasteiger partial charge in [-0.05, 0) is 24.6 Å². The molecule has 114 valence electrons. The fourth-order valence-corrected chi connectivity index (χ4v) is 2.40. The van der Waals surface area contributed by atoms with E-state index >= 15 is 0 Å².